The largest absolute Gasteiger partial charge is 0.208 e. The van der Waals surface area contributed by atoms with Crippen LogP contribution >= 0.6 is 0 Å². The minimum Gasteiger partial charge on any atom is -0.208 e. The summed E-state index contributed by atoms with van der Waals surface area (Å²) in [6.45, 7) is 4.54. The predicted octanol–water partition coefficient (Wildman–Crippen LogP) is 14.5. The fourth-order valence-electron chi connectivity index (χ4n) is 8.75. The van der Waals surface area contributed by atoms with E-state index in [9.17, 15) is 0 Å². The van der Waals surface area contributed by atoms with Crippen molar-refractivity contribution in [2.75, 3.05) is 0 Å². The van der Waals surface area contributed by atoms with E-state index in [1.54, 1.807) is 0 Å². The van der Waals surface area contributed by atoms with Gasteiger partial charge in [-0.2, -0.15) is 0 Å². The Morgan fingerprint density at radius 2 is 0.492 bits per heavy atom. The van der Waals surface area contributed by atoms with Crippen LogP contribution < -0.4 is 0 Å². The molecule has 0 bridgehead atoms. The molecule has 6 heteroatoms. The molecule has 0 amide bonds. The summed E-state index contributed by atoms with van der Waals surface area (Å²) in [5.74, 6) is 3.80. The summed E-state index contributed by atoms with van der Waals surface area (Å²) >= 11 is 0. The molecule has 65 heavy (non-hydrogen) atoms. The zero-order valence-corrected chi connectivity index (χ0v) is 36.4. The number of benzene rings is 8. The lowest BCUT2D eigenvalue weighted by Gasteiger charge is -2.33. The Bertz CT molecular complexity index is 2970. The van der Waals surface area contributed by atoms with Gasteiger partial charge >= 0.3 is 0 Å². The van der Waals surface area contributed by atoms with E-state index in [1.807, 2.05) is 72.8 Å². The number of hydrogen-bond acceptors (Lipinski definition) is 6. The van der Waals surface area contributed by atoms with Crippen LogP contribution in [0.1, 0.15) is 37.8 Å². The van der Waals surface area contributed by atoms with E-state index in [0.717, 1.165) is 68.5 Å². The molecule has 0 N–H and O–H groups in total. The van der Waals surface area contributed by atoms with Gasteiger partial charge in [0.25, 0.3) is 0 Å². The molecule has 6 nitrogen and oxygen atoms in total. The van der Waals surface area contributed by atoms with Crippen molar-refractivity contribution in [1.82, 2.24) is 29.9 Å². The molecule has 10 rings (SSSR count). The molecule has 0 aliphatic rings. The lowest BCUT2D eigenvalue weighted by Crippen LogP contribution is -2.26. The Morgan fingerprint density at radius 1 is 0.246 bits per heavy atom. The number of rotatable bonds is 12. The highest BCUT2D eigenvalue weighted by molar-refractivity contribution is 5.74. The average molecular weight is 839 g/mol. The molecular weight excluding hydrogens is 793 g/mol. The van der Waals surface area contributed by atoms with Crippen LogP contribution in [0.2, 0.25) is 0 Å². The molecule has 2 aromatic heterocycles. The molecule has 10 aromatic rings. The van der Waals surface area contributed by atoms with Crippen LogP contribution in [0.25, 0.3) is 90.6 Å². The van der Waals surface area contributed by atoms with Crippen LogP contribution in [-0.4, -0.2) is 29.9 Å². The fraction of sp³-hybridized carbons (Fsp3) is 0.0847. The van der Waals surface area contributed by atoms with Crippen LogP contribution in [0.15, 0.2) is 218 Å². The van der Waals surface area contributed by atoms with Crippen molar-refractivity contribution in [2.45, 2.75) is 32.1 Å². The van der Waals surface area contributed by atoms with Gasteiger partial charge in [0.05, 0.1) is 0 Å². The summed E-state index contributed by atoms with van der Waals surface area (Å²) in [6.07, 6.45) is 1.83. The van der Waals surface area contributed by atoms with Crippen LogP contribution in [0.4, 0.5) is 0 Å². The molecule has 0 fully saturated rings. The third kappa shape index (κ3) is 8.50. The standard InChI is InChI=1S/C59H46N6/c1-3-59(4-2,51-35-31-45(32-36-51)55-60-53(43-23-13-7-14-24-43)62-57(64-55)49-29-17-27-47(39-49)41-19-9-5-10-20-41)52-37-33-46(34-38-52)56-61-54(44-25-15-8-16-26-44)63-58(65-56)50-30-18-28-48(40-50)42-21-11-6-12-22-42/h5-40H,3-4H2,1-2H3. The molecule has 0 aliphatic heterocycles. The first kappa shape index (κ1) is 40.8. The molecular formula is C59H46N6. The lowest BCUT2D eigenvalue weighted by molar-refractivity contribution is 0.478. The van der Waals surface area contributed by atoms with Crippen LogP contribution in [0.3, 0.4) is 0 Å². The lowest BCUT2D eigenvalue weighted by atomic mass is 9.70. The molecule has 8 aromatic carbocycles. The van der Waals surface area contributed by atoms with Gasteiger partial charge in [-0.05, 0) is 58.4 Å². The Labute approximate surface area is 380 Å². The highest BCUT2D eigenvalue weighted by Crippen LogP contribution is 2.40. The summed E-state index contributed by atoms with van der Waals surface area (Å²) in [4.78, 5) is 30.3. The second-order valence-electron chi connectivity index (χ2n) is 16.2. The van der Waals surface area contributed by atoms with E-state index in [4.69, 9.17) is 29.9 Å². The van der Waals surface area contributed by atoms with E-state index in [2.05, 4.69) is 159 Å². The molecule has 2 heterocycles. The SMILES string of the molecule is CCC(CC)(c1ccc(-c2nc(-c3ccccc3)nc(-c3cccc(-c4ccccc4)c3)n2)cc1)c1ccc(-c2nc(-c3ccccc3)nc(-c3cccc(-c4ccccc4)c3)n2)cc1. The second kappa shape index (κ2) is 18.2. The van der Waals surface area contributed by atoms with E-state index < -0.39 is 0 Å². The van der Waals surface area contributed by atoms with Gasteiger partial charge in [-0.3, -0.25) is 0 Å². The maximum Gasteiger partial charge on any atom is 0.164 e. The normalized spacial score (nSPS) is 11.4. The average Bonchev–Trinajstić information content (AvgIpc) is 3.40. The van der Waals surface area contributed by atoms with Crippen molar-refractivity contribution in [3.05, 3.63) is 230 Å². The van der Waals surface area contributed by atoms with Crippen LogP contribution in [-0.2, 0) is 5.41 Å². The number of hydrogen-bond donors (Lipinski definition) is 0. The Hall–Kier alpha value is -8.22. The van der Waals surface area contributed by atoms with Gasteiger partial charge in [0, 0.05) is 38.8 Å². The first-order chi connectivity index (χ1) is 32.1. The first-order valence-corrected chi connectivity index (χ1v) is 22.2. The summed E-state index contributed by atoms with van der Waals surface area (Å²) in [5.41, 5.74) is 12.4. The van der Waals surface area contributed by atoms with Gasteiger partial charge in [-0.1, -0.05) is 220 Å². The minimum atomic E-state index is -0.230. The second-order valence-corrected chi connectivity index (χ2v) is 16.2. The third-order valence-corrected chi connectivity index (χ3v) is 12.4. The van der Waals surface area contributed by atoms with Crippen molar-refractivity contribution in [3.8, 4) is 90.6 Å². The van der Waals surface area contributed by atoms with E-state index >= 15 is 0 Å². The molecule has 0 spiro atoms. The maximum atomic E-state index is 5.09. The Balaban J connectivity index is 0.987. The molecule has 0 saturated carbocycles. The summed E-state index contributed by atoms with van der Waals surface area (Å²) in [6, 6.07) is 75.4. The molecule has 0 atom stereocenters. The minimum absolute atomic E-state index is 0.230. The van der Waals surface area contributed by atoms with Crippen molar-refractivity contribution in [1.29, 1.82) is 0 Å². The first-order valence-electron chi connectivity index (χ1n) is 22.2. The molecule has 312 valence electrons. The van der Waals surface area contributed by atoms with Crippen molar-refractivity contribution >= 4 is 0 Å². The van der Waals surface area contributed by atoms with Gasteiger partial charge < -0.3 is 0 Å². The van der Waals surface area contributed by atoms with Crippen molar-refractivity contribution in [3.63, 3.8) is 0 Å². The molecule has 0 aliphatic carbocycles. The van der Waals surface area contributed by atoms with E-state index in [0.29, 0.717) is 34.9 Å². The fourth-order valence-corrected chi connectivity index (χ4v) is 8.75. The van der Waals surface area contributed by atoms with Crippen molar-refractivity contribution < 1.29 is 0 Å². The Morgan fingerprint density at radius 3 is 0.800 bits per heavy atom. The monoisotopic (exact) mass is 838 g/mol. The Kier molecular flexibility index (Phi) is 11.5. The molecule has 0 radical (unpaired) electrons. The third-order valence-electron chi connectivity index (χ3n) is 12.4. The van der Waals surface area contributed by atoms with Gasteiger partial charge in [0.15, 0.2) is 34.9 Å². The zero-order valence-electron chi connectivity index (χ0n) is 36.4. The smallest absolute Gasteiger partial charge is 0.164 e. The van der Waals surface area contributed by atoms with E-state index in [1.165, 1.54) is 11.1 Å². The van der Waals surface area contributed by atoms with Gasteiger partial charge in [-0.25, -0.2) is 29.9 Å². The molecule has 0 unspecified atom stereocenters. The van der Waals surface area contributed by atoms with Crippen molar-refractivity contribution in [2.24, 2.45) is 0 Å². The zero-order chi connectivity index (χ0) is 44.0. The summed E-state index contributed by atoms with van der Waals surface area (Å²) in [5, 5.41) is 0. The van der Waals surface area contributed by atoms with Crippen LogP contribution in [0, 0.1) is 0 Å². The van der Waals surface area contributed by atoms with Gasteiger partial charge in [0.1, 0.15) is 0 Å². The number of aromatic nitrogens is 6. The highest BCUT2D eigenvalue weighted by atomic mass is 15.0. The highest BCUT2D eigenvalue weighted by Gasteiger charge is 2.31. The van der Waals surface area contributed by atoms with Gasteiger partial charge in [-0.15, -0.1) is 0 Å². The van der Waals surface area contributed by atoms with E-state index in [-0.39, 0.29) is 5.41 Å². The summed E-state index contributed by atoms with van der Waals surface area (Å²) in [7, 11) is 0. The van der Waals surface area contributed by atoms with Crippen LogP contribution in [0.5, 0.6) is 0 Å². The maximum absolute atomic E-state index is 5.09. The quantitative estimate of drug-likeness (QED) is 0.122. The van der Waals surface area contributed by atoms with Gasteiger partial charge in [0.2, 0.25) is 0 Å². The summed E-state index contributed by atoms with van der Waals surface area (Å²) < 4.78 is 0. The topological polar surface area (TPSA) is 77.3 Å². The number of nitrogens with zero attached hydrogens (tertiary/aromatic N) is 6. The molecule has 0 saturated heterocycles. The predicted molar refractivity (Wildman–Crippen MR) is 265 cm³/mol.